The largest absolute Gasteiger partial charge is 0.497 e. The Labute approximate surface area is 166 Å². The van der Waals surface area contributed by atoms with Crippen LogP contribution in [-0.2, 0) is 13.1 Å². The van der Waals surface area contributed by atoms with Crippen LogP contribution in [0.15, 0.2) is 47.4 Å². The van der Waals surface area contributed by atoms with Gasteiger partial charge < -0.3 is 19.4 Å². The van der Waals surface area contributed by atoms with Gasteiger partial charge in [-0.25, -0.2) is 0 Å². The van der Waals surface area contributed by atoms with E-state index in [-0.39, 0.29) is 18.2 Å². The SMILES string of the molecule is COc1cccc(CNC(=O)c2cn3c4c(ccc(Cl)c4c2=O)O[C@@H](C)C3)c1. The fraction of sp³-hybridized carbons (Fsp3) is 0.238. The molecule has 0 spiro atoms. The Morgan fingerprint density at radius 3 is 2.96 bits per heavy atom. The average molecular weight is 399 g/mol. The minimum absolute atomic E-state index is 0.0588. The van der Waals surface area contributed by atoms with E-state index in [1.54, 1.807) is 25.4 Å². The van der Waals surface area contributed by atoms with Gasteiger partial charge >= 0.3 is 0 Å². The lowest BCUT2D eigenvalue weighted by atomic mass is 10.1. The van der Waals surface area contributed by atoms with Crippen molar-refractivity contribution in [2.45, 2.75) is 26.1 Å². The zero-order valence-electron chi connectivity index (χ0n) is 15.5. The first kappa shape index (κ1) is 18.4. The molecule has 2 aromatic carbocycles. The minimum Gasteiger partial charge on any atom is -0.497 e. The van der Waals surface area contributed by atoms with Gasteiger partial charge in [0.1, 0.15) is 23.2 Å². The van der Waals surface area contributed by atoms with Crippen LogP contribution in [0.5, 0.6) is 11.5 Å². The highest BCUT2D eigenvalue weighted by Crippen LogP contribution is 2.33. The highest BCUT2D eigenvalue weighted by molar-refractivity contribution is 6.35. The quantitative estimate of drug-likeness (QED) is 0.731. The van der Waals surface area contributed by atoms with Gasteiger partial charge in [0.2, 0.25) is 5.43 Å². The number of nitrogens with zero attached hydrogens (tertiary/aromatic N) is 1. The van der Waals surface area contributed by atoms with Crippen LogP contribution in [0.2, 0.25) is 5.02 Å². The molecule has 0 aliphatic carbocycles. The molecule has 1 N–H and O–H groups in total. The summed E-state index contributed by atoms with van der Waals surface area (Å²) in [5, 5.41) is 3.41. The number of ether oxygens (including phenoxy) is 2. The third kappa shape index (κ3) is 3.20. The number of hydrogen-bond acceptors (Lipinski definition) is 4. The molecule has 1 aliphatic heterocycles. The first-order valence-electron chi connectivity index (χ1n) is 8.91. The zero-order chi connectivity index (χ0) is 19.8. The summed E-state index contributed by atoms with van der Waals surface area (Å²) in [7, 11) is 1.59. The second-order valence-corrected chi connectivity index (χ2v) is 7.16. The van der Waals surface area contributed by atoms with Gasteiger partial charge in [-0.1, -0.05) is 23.7 Å². The van der Waals surface area contributed by atoms with Crippen molar-refractivity contribution in [3.8, 4) is 11.5 Å². The smallest absolute Gasteiger partial charge is 0.257 e. The van der Waals surface area contributed by atoms with E-state index in [9.17, 15) is 9.59 Å². The van der Waals surface area contributed by atoms with Crippen molar-refractivity contribution in [1.82, 2.24) is 9.88 Å². The van der Waals surface area contributed by atoms with Crippen molar-refractivity contribution < 1.29 is 14.3 Å². The molecule has 0 fully saturated rings. The Morgan fingerprint density at radius 1 is 1.36 bits per heavy atom. The van der Waals surface area contributed by atoms with Gasteiger partial charge in [-0.05, 0) is 36.8 Å². The van der Waals surface area contributed by atoms with E-state index in [0.29, 0.717) is 34.0 Å². The minimum atomic E-state index is -0.445. The number of nitrogens with one attached hydrogen (secondary N) is 1. The van der Waals surface area contributed by atoms with Crippen molar-refractivity contribution in [3.05, 3.63) is 69.0 Å². The molecular formula is C21H19ClN2O4. The Bertz CT molecular complexity index is 1140. The van der Waals surface area contributed by atoms with Crippen LogP contribution < -0.4 is 20.2 Å². The van der Waals surface area contributed by atoms with Crippen LogP contribution in [0.25, 0.3) is 10.9 Å². The monoisotopic (exact) mass is 398 g/mol. The summed E-state index contributed by atoms with van der Waals surface area (Å²) in [4.78, 5) is 25.8. The number of carbonyl (C=O) groups excluding carboxylic acids is 1. The molecule has 0 saturated heterocycles. The highest BCUT2D eigenvalue weighted by atomic mass is 35.5. The van der Waals surface area contributed by atoms with Crippen LogP contribution in [0, 0.1) is 0 Å². The van der Waals surface area contributed by atoms with Crippen LogP contribution in [-0.4, -0.2) is 23.7 Å². The molecule has 1 atom stereocenters. The second kappa shape index (κ2) is 7.20. The summed E-state index contributed by atoms with van der Waals surface area (Å²) in [6.07, 6.45) is 1.51. The summed E-state index contributed by atoms with van der Waals surface area (Å²) >= 11 is 6.29. The molecule has 4 rings (SSSR count). The van der Waals surface area contributed by atoms with E-state index in [4.69, 9.17) is 21.1 Å². The lowest BCUT2D eigenvalue weighted by molar-refractivity contribution is 0.0948. The number of aromatic nitrogens is 1. The van der Waals surface area contributed by atoms with Gasteiger partial charge in [-0.15, -0.1) is 0 Å². The molecule has 3 aromatic rings. The van der Waals surface area contributed by atoms with E-state index < -0.39 is 11.3 Å². The summed E-state index contributed by atoms with van der Waals surface area (Å²) in [5.41, 5.74) is 1.15. The van der Waals surface area contributed by atoms with Gasteiger partial charge in [0, 0.05) is 12.7 Å². The standard InChI is InChI=1S/C21H19ClN2O4/c1-12-10-24-11-15(20(25)18-16(22)6-7-17(28-12)19(18)24)21(26)23-9-13-4-3-5-14(8-13)27-2/h3-8,11-12H,9-10H2,1-2H3,(H,23,26)/t12-/m0/s1. The molecule has 6 nitrogen and oxygen atoms in total. The maximum Gasteiger partial charge on any atom is 0.257 e. The second-order valence-electron chi connectivity index (χ2n) is 6.76. The van der Waals surface area contributed by atoms with Crippen LogP contribution >= 0.6 is 11.6 Å². The topological polar surface area (TPSA) is 69.6 Å². The molecule has 0 radical (unpaired) electrons. The van der Waals surface area contributed by atoms with E-state index in [1.165, 1.54) is 0 Å². The number of pyridine rings is 1. The van der Waals surface area contributed by atoms with E-state index in [2.05, 4.69) is 5.32 Å². The van der Waals surface area contributed by atoms with Gasteiger partial charge in [-0.3, -0.25) is 9.59 Å². The normalized spacial score (nSPS) is 15.2. The Hall–Kier alpha value is -2.99. The predicted octanol–water partition coefficient (Wildman–Crippen LogP) is 3.37. The molecule has 1 amide bonds. The van der Waals surface area contributed by atoms with Crippen molar-refractivity contribution in [3.63, 3.8) is 0 Å². The van der Waals surface area contributed by atoms with Gasteiger partial charge in [-0.2, -0.15) is 0 Å². The maximum atomic E-state index is 13.0. The predicted molar refractivity (Wildman–Crippen MR) is 107 cm³/mol. The summed E-state index contributed by atoms with van der Waals surface area (Å²) in [6.45, 7) is 2.74. The molecule has 0 saturated carbocycles. The Balaban J connectivity index is 1.71. The molecule has 7 heteroatoms. The number of hydrogen-bond donors (Lipinski definition) is 1. The van der Waals surface area contributed by atoms with Crippen LogP contribution in [0.1, 0.15) is 22.8 Å². The van der Waals surface area contributed by atoms with Gasteiger partial charge in [0.05, 0.1) is 29.6 Å². The number of methoxy groups -OCH3 is 1. The van der Waals surface area contributed by atoms with Gasteiger partial charge in [0.25, 0.3) is 5.91 Å². The van der Waals surface area contributed by atoms with Crippen LogP contribution in [0.4, 0.5) is 0 Å². The van der Waals surface area contributed by atoms with E-state index in [1.807, 2.05) is 35.8 Å². The number of rotatable bonds is 4. The van der Waals surface area contributed by atoms with E-state index >= 15 is 0 Å². The summed E-state index contributed by atoms with van der Waals surface area (Å²) < 4.78 is 12.9. The molecule has 28 heavy (non-hydrogen) atoms. The van der Waals surface area contributed by atoms with E-state index in [0.717, 1.165) is 5.56 Å². The van der Waals surface area contributed by atoms with Crippen LogP contribution in [0.3, 0.4) is 0 Å². The molecule has 0 unspecified atom stereocenters. The molecule has 144 valence electrons. The van der Waals surface area contributed by atoms with Crippen molar-refractivity contribution >= 4 is 28.4 Å². The molecule has 0 bridgehead atoms. The first-order chi connectivity index (χ1) is 13.5. The van der Waals surface area contributed by atoms with Crippen molar-refractivity contribution in [1.29, 1.82) is 0 Å². The lowest BCUT2D eigenvalue weighted by Crippen LogP contribution is -2.32. The third-order valence-electron chi connectivity index (χ3n) is 4.75. The lowest BCUT2D eigenvalue weighted by Gasteiger charge is -2.26. The maximum absolute atomic E-state index is 13.0. The third-order valence-corrected chi connectivity index (χ3v) is 5.06. The first-order valence-corrected chi connectivity index (χ1v) is 9.29. The molecule has 2 heterocycles. The molecular weight excluding hydrogens is 380 g/mol. The Morgan fingerprint density at radius 2 is 2.18 bits per heavy atom. The van der Waals surface area contributed by atoms with Crippen molar-refractivity contribution in [2.75, 3.05) is 7.11 Å². The number of benzene rings is 2. The molecule has 1 aromatic heterocycles. The summed E-state index contributed by atoms with van der Waals surface area (Å²) in [5.74, 6) is 0.855. The Kier molecular flexibility index (Phi) is 4.73. The number of carbonyl (C=O) groups is 1. The summed E-state index contributed by atoms with van der Waals surface area (Å²) in [6, 6.07) is 10.8. The van der Waals surface area contributed by atoms with Gasteiger partial charge in [0.15, 0.2) is 0 Å². The zero-order valence-corrected chi connectivity index (χ0v) is 16.2. The average Bonchev–Trinajstić information content (AvgIpc) is 2.69. The number of amides is 1. The fourth-order valence-electron chi connectivity index (χ4n) is 3.45. The number of halogens is 1. The highest BCUT2D eigenvalue weighted by Gasteiger charge is 2.24. The fourth-order valence-corrected chi connectivity index (χ4v) is 3.69. The van der Waals surface area contributed by atoms with Crippen molar-refractivity contribution in [2.24, 2.45) is 0 Å². The molecule has 1 aliphatic rings.